The molecule has 1 unspecified atom stereocenters. The minimum Gasteiger partial charge on any atom is -0.384 e. The number of nitrogens with one attached hydrogen (secondary N) is 2. The quantitative estimate of drug-likeness (QED) is 0.637. The molecule has 0 aliphatic rings. The zero-order valence-corrected chi connectivity index (χ0v) is 14.5. The van der Waals surface area contributed by atoms with Crippen LogP contribution in [0.25, 0.3) is 0 Å². The van der Waals surface area contributed by atoms with Gasteiger partial charge in [0.15, 0.2) is 0 Å². The first-order valence-electron chi connectivity index (χ1n) is 7.91. The molecule has 0 aromatic carbocycles. The molecule has 0 saturated carbocycles. The Bertz CT molecular complexity index is 695. The van der Waals surface area contributed by atoms with E-state index in [1.165, 1.54) is 17.4 Å². The van der Waals surface area contributed by atoms with Crippen molar-refractivity contribution < 1.29 is 9.90 Å². The van der Waals surface area contributed by atoms with E-state index in [0.29, 0.717) is 13.1 Å². The lowest BCUT2D eigenvalue weighted by atomic mass is 9.99. The van der Waals surface area contributed by atoms with Crippen LogP contribution in [0.2, 0.25) is 0 Å². The number of hydrogen-bond donors (Lipinski definition) is 3. The largest absolute Gasteiger partial charge is 0.384 e. The highest BCUT2D eigenvalue weighted by Gasteiger charge is 2.23. The van der Waals surface area contributed by atoms with Crippen molar-refractivity contribution in [3.63, 3.8) is 0 Å². The lowest BCUT2D eigenvalue weighted by molar-refractivity contribution is 0.0598. The average Bonchev–Trinajstić information content (AvgIpc) is 3.10. The molecule has 2 aromatic heterocycles. The average molecular weight is 349 g/mol. The van der Waals surface area contributed by atoms with Crippen LogP contribution in [-0.2, 0) is 12.1 Å². The fourth-order valence-corrected chi connectivity index (χ4v) is 3.03. The standard InChI is InChI=1S/C17H23N3O3S/c1-17(23,14-7-11-24-12-14)13-19-16(22)18-8-3-5-10-20-9-4-2-6-15(20)21/h2,4,6-7,9,11-12,23H,3,5,8,10,13H2,1H3,(H2,18,19,22). The number of nitrogens with zero attached hydrogens (tertiary/aromatic N) is 1. The van der Waals surface area contributed by atoms with Crippen LogP contribution in [-0.4, -0.2) is 28.8 Å². The highest BCUT2D eigenvalue weighted by Crippen LogP contribution is 2.21. The van der Waals surface area contributed by atoms with Crippen molar-refractivity contribution in [2.24, 2.45) is 0 Å². The third-order valence-corrected chi connectivity index (χ3v) is 4.43. The highest BCUT2D eigenvalue weighted by atomic mass is 32.1. The lowest BCUT2D eigenvalue weighted by Crippen LogP contribution is -2.43. The molecule has 0 aliphatic heterocycles. The third kappa shape index (κ3) is 5.50. The van der Waals surface area contributed by atoms with Crippen LogP contribution in [0.4, 0.5) is 4.79 Å². The Labute approximate surface area is 145 Å². The summed E-state index contributed by atoms with van der Waals surface area (Å²) < 4.78 is 1.65. The number of unbranched alkanes of at least 4 members (excludes halogenated alkanes) is 1. The van der Waals surface area contributed by atoms with Gasteiger partial charge in [0.1, 0.15) is 5.60 Å². The zero-order valence-electron chi connectivity index (χ0n) is 13.7. The van der Waals surface area contributed by atoms with Crippen molar-refractivity contribution >= 4 is 17.4 Å². The fourth-order valence-electron chi connectivity index (χ4n) is 2.24. The first-order valence-corrected chi connectivity index (χ1v) is 8.85. The van der Waals surface area contributed by atoms with Crippen molar-refractivity contribution in [3.8, 4) is 0 Å². The SMILES string of the molecule is CC(O)(CNC(=O)NCCCCn1ccccc1=O)c1ccsc1. The maximum absolute atomic E-state index is 11.8. The van der Waals surface area contributed by atoms with Crippen LogP contribution in [0.3, 0.4) is 0 Å². The molecule has 2 heterocycles. The Morgan fingerprint density at radius 1 is 1.29 bits per heavy atom. The van der Waals surface area contributed by atoms with E-state index in [1.54, 1.807) is 23.8 Å². The second-order valence-electron chi connectivity index (χ2n) is 5.83. The minimum atomic E-state index is -1.08. The Kier molecular flexibility index (Phi) is 6.57. The minimum absolute atomic E-state index is 0.0149. The molecule has 0 saturated heterocycles. The van der Waals surface area contributed by atoms with Crippen LogP contribution in [0.15, 0.2) is 46.0 Å². The van der Waals surface area contributed by atoms with Crippen LogP contribution < -0.4 is 16.2 Å². The monoisotopic (exact) mass is 349 g/mol. The summed E-state index contributed by atoms with van der Waals surface area (Å²) in [5.41, 5.74) is -0.300. The van der Waals surface area contributed by atoms with Gasteiger partial charge in [-0.15, -0.1) is 0 Å². The van der Waals surface area contributed by atoms with Crippen LogP contribution in [0.5, 0.6) is 0 Å². The number of aromatic nitrogens is 1. The summed E-state index contributed by atoms with van der Waals surface area (Å²) in [6, 6.07) is 6.62. The summed E-state index contributed by atoms with van der Waals surface area (Å²) in [6.07, 6.45) is 3.33. The van der Waals surface area contributed by atoms with E-state index in [-0.39, 0.29) is 18.1 Å². The molecule has 7 heteroatoms. The molecule has 0 spiro atoms. The molecule has 3 N–H and O–H groups in total. The number of aryl methyl sites for hydroxylation is 1. The number of aliphatic hydroxyl groups is 1. The number of pyridine rings is 1. The number of amides is 2. The van der Waals surface area contributed by atoms with Crippen LogP contribution in [0.1, 0.15) is 25.3 Å². The Balaban J connectivity index is 1.62. The van der Waals surface area contributed by atoms with E-state index in [9.17, 15) is 14.7 Å². The molecule has 0 fully saturated rings. The van der Waals surface area contributed by atoms with E-state index in [1.807, 2.05) is 22.9 Å². The number of carbonyl (C=O) groups excluding carboxylic acids is 1. The van der Waals surface area contributed by atoms with Gasteiger partial charge in [0.05, 0.1) is 6.54 Å². The smallest absolute Gasteiger partial charge is 0.314 e. The molecule has 2 amide bonds. The van der Waals surface area contributed by atoms with E-state index >= 15 is 0 Å². The number of thiophene rings is 1. The summed E-state index contributed by atoms with van der Waals surface area (Å²) in [5.74, 6) is 0. The molecule has 130 valence electrons. The van der Waals surface area contributed by atoms with Crippen molar-refractivity contribution in [1.29, 1.82) is 0 Å². The highest BCUT2D eigenvalue weighted by molar-refractivity contribution is 7.08. The first kappa shape index (κ1) is 18.2. The van der Waals surface area contributed by atoms with Gasteiger partial charge in [0.25, 0.3) is 0 Å². The van der Waals surface area contributed by atoms with Crippen LogP contribution >= 0.6 is 11.3 Å². The molecular weight excluding hydrogens is 326 g/mol. The maximum atomic E-state index is 11.8. The van der Waals surface area contributed by atoms with Crippen LogP contribution in [0, 0.1) is 0 Å². The van der Waals surface area contributed by atoms with Gasteiger partial charge in [0, 0.05) is 25.4 Å². The van der Waals surface area contributed by atoms with E-state index in [4.69, 9.17) is 0 Å². The predicted octanol–water partition coefficient (Wildman–Crippen LogP) is 1.90. The zero-order chi connectivity index (χ0) is 17.4. The molecule has 0 aliphatic carbocycles. The molecule has 2 aromatic rings. The van der Waals surface area contributed by atoms with E-state index in [0.717, 1.165) is 18.4 Å². The topological polar surface area (TPSA) is 83.4 Å². The fraction of sp³-hybridized carbons (Fsp3) is 0.412. The Morgan fingerprint density at radius 2 is 2.12 bits per heavy atom. The maximum Gasteiger partial charge on any atom is 0.314 e. The summed E-state index contributed by atoms with van der Waals surface area (Å²) in [7, 11) is 0. The van der Waals surface area contributed by atoms with Gasteiger partial charge in [-0.1, -0.05) is 6.07 Å². The summed E-state index contributed by atoms with van der Waals surface area (Å²) in [6.45, 7) is 2.98. The van der Waals surface area contributed by atoms with Crippen molar-refractivity contribution in [3.05, 3.63) is 57.1 Å². The van der Waals surface area contributed by atoms with Crippen molar-refractivity contribution in [2.45, 2.75) is 31.9 Å². The van der Waals surface area contributed by atoms with Gasteiger partial charge in [-0.2, -0.15) is 11.3 Å². The van der Waals surface area contributed by atoms with Crippen molar-refractivity contribution in [2.75, 3.05) is 13.1 Å². The number of rotatable bonds is 8. The van der Waals surface area contributed by atoms with E-state index < -0.39 is 5.60 Å². The second-order valence-corrected chi connectivity index (χ2v) is 6.61. The first-order chi connectivity index (χ1) is 11.5. The lowest BCUT2D eigenvalue weighted by Gasteiger charge is -2.22. The molecule has 6 nitrogen and oxygen atoms in total. The summed E-state index contributed by atoms with van der Waals surface area (Å²) in [5, 5.41) is 19.5. The Hall–Kier alpha value is -2.12. The number of hydrogen-bond acceptors (Lipinski definition) is 4. The predicted molar refractivity (Wildman–Crippen MR) is 95.2 cm³/mol. The molecule has 0 radical (unpaired) electrons. The van der Waals surface area contributed by atoms with Gasteiger partial charge in [0.2, 0.25) is 5.56 Å². The van der Waals surface area contributed by atoms with Gasteiger partial charge in [-0.25, -0.2) is 4.79 Å². The third-order valence-electron chi connectivity index (χ3n) is 3.75. The summed E-state index contributed by atoms with van der Waals surface area (Å²) in [4.78, 5) is 23.3. The van der Waals surface area contributed by atoms with Crippen molar-refractivity contribution in [1.82, 2.24) is 15.2 Å². The van der Waals surface area contributed by atoms with Gasteiger partial charge >= 0.3 is 6.03 Å². The Morgan fingerprint density at radius 3 is 2.83 bits per heavy atom. The molecule has 2 rings (SSSR count). The van der Waals surface area contributed by atoms with Gasteiger partial charge in [-0.3, -0.25) is 4.79 Å². The normalized spacial score (nSPS) is 13.2. The second kappa shape index (κ2) is 8.65. The number of carbonyl (C=O) groups is 1. The summed E-state index contributed by atoms with van der Waals surface area (Å²) >= 11 is 1.51. The molecular formula is C17H23N3O3S. The molecule has 1 atom stereocenters. The number of urea groups is 1. The molecule has 24 heavy (non-hydrogen) atoms. The van der Waals surface area contributed by atoms with E-state index in [2.05, 4.69) is 10.6 Å². The van der Waals surface area contributed by atoms with Gasteiger partial charge in [-0.05, 0) is 48.2 Å². The molecule has 0 bridgehead atoms. The van der Waals surface area contributed by atoms with Gasteiger partial charge < -0.3 is 20.3 Å².